The summed E-state index contributed by atoms with van der Waals surface area (Å²) < 4.78 is 4.37. The van der Waals surface area contributed by atoms with Gasteiger partial charge in [-0.25, -0.2) is 0 Å². The van der Waals surface area contributed by atoms with E-state index in [0.717, 1.165) is 4.88 Å². The van der Waals surface area contributed by atoms with Gasteiger partial charge in [-0.2, -0.15) is 0 Å². The molecule has 0 aliphatic heterocycles. The predicted molar refractivity (Wildman–Crippen MR) is 35.0 cm³/mol. The average molecular weight is 149 g/mol. The molecule has 0 amide bonds. The van der Waals surface area contributed by atoms with E-state index < -0.39 is 0 Å². The van der Waals surface area contributed by atoms with E-state index in [1.807, 2.05) is 17.5 Å². The molecule has 44 valence electrons. The number of thiophene rings is 1. The maximum Gasteiger partial charge on any atom is 0.102 e. The summed E-state index contributed by atoms with van der Waals surface area (Å²) in [6, 6.07) is 3.95. The fourth-order valence-electron chi connectivity index (χ4n) is 0.448. The van der Waals surface area contributed by atoms with E-state index in [9.17, 15) is 0 Å². The van der Waals surface area contributed by atoms with Crippen LogP contribution in [0, 0.1) is 0 Å². The van der Waals surface area contributed by atoms with Crippen LogP contribution in [0.3, 0.4) is 0 Å². The van der Waals surface area contributed by atoms with Crippen LogP contribution < -0.4 is 0 Å². The molecule has 0 aromatic carbocycles. The topological polar surface area (TPSA) is 9.23 Å². The first-order valence-electron chi connectivity index (χ1n) is 2.19. The third kappa shape index (κ3) is 1.47. The molecular formula is C5H5ClOS. The van der Waals surface area contributed by atoms with Crippen molar-refractivity contribution in [3.8, 4) is 0 Å². The Morgan fingerprint density at radius 3 is 3.12 bits per heavy atom. The zero-order valence-electron chi connectivity index (χ0n) is 4.13. The second kappa shape index (κ2) is 3.07. The third-order valence-corrected chi connectivity index (χ3v) is 1.74. The second-order valence-electron chi connectivity index (χ2n) is 1.33. The van der Waals surface area contributed by atoms with Crippen LogP contribution in [0.5, 0.6) is 0 Å². The highest BCUT2D eigenvalue weighted by atomic mass is 35.5. The van der Waals surface area contributed by atoms with Crippen molar-refractivity contribution in [3.63, 3.8) is 0 Å². The van der Waals surface area contributed by atoms with Crippen LogP contribution in [-0.4, -0.2) is 0 Å². The van der Waals surface area contributed by atoms with Crippen LogP contribution in [-0.2, 0) is 10.9 Å². The molecule has 1 nitrogen and oxygen atoms in total. The summed E-state index contributed by atoms with van der Waals surface area (Å²) in [6.07, 6.45) is 0. The van der Waals surface area contributed by atoms with E-state index in [1.165, 1.54) is 0 Å². The molecule has 1 aromatic heterocycles. The first kappa shape index (κ1) is 6.08. The molecular weight excluding hydrogens is 144 g/mol. The van der Waals surface area contributed by atoms with Crippen molar-refractivity contribution in [2.45, 2.75) is 6.61 Å². The van der Waals surface area contributed by atoms with Crippen LogP contribution in [0.15, 0.2) is 17.5 Å². The van der Waals surface area contributed by atoms with Gasteiger partial charge in [0.1, 0.15) is 6.61 Å². The molecule has 3 heteroatoms. The highest BCUT2D eigenvalue weighted by Gasteiger charge is 1.88. The number of rotatable bonds is 2. The van der Waals surface area contributed by atoms with E-state index in [2.05, 4.69) is 4.29 Å². The van der Waals surface area contributed by atoms with Gasteiger partial charge in [-0.1, -0.05) is 6.07 Å². The minimum atomic E-state index is 0.513. The van der Waals surface area contributed by atoms with Crippen molar-refractivity contribution in [3.05, 3.63) is 22.4 Å². The summed E-state index contributed by atoms with van der Waals surface area (Å²) in [4.78, 5) is 1.15. The molecule has 0 radical (unpaired) electrons. The monoisotopic (exact) mass is 148 g/mol. The maximum atomic E-state index is 5.00. The summed E-state index contributed by atoms with van der Waals surface area (Å²) in [5, 5.41) is 1.99. The summed E-state index contributed by atoms with van der Waals surface area (Å²) in [7, 11) is 0. The quantitative estimate of drug-likeness (QED) is 0.626. The Bertz CT molecular complexity index is 138. The van der Waals surface area contributed by atoms with Crippen LogP contribution in [0.2, 0.25) is 0 Å². The van der Waals surface area contributed by atoms with Crippen LogP contribution in [0.4, 0.5) is 0 Å². The molecule has 1 rings (SSSR count). The lowest BCUT2D eigenvalue weighted by Crippen LogP contribution is -1.73. The summed E-state index contributed by atoms with van der Waals surface area (Å²) in [5.74, 6) is 0. The third-order valence-electron chi connectivity index (χ3n) is 0.777. The summed E-state index contributed by atoms with van der Waals surface area (Å²) in [6.45, 7) is 0.513. The van der Waals surface area contributed by atoms with Crippen LogP contribution in [0.25, 0.3) is 0 Å². The van der Waals surface area contributed by atoms with Gasteiger partial charge in [0.25, 0.3) is 0 Å². The lowest BCUT2D eigenvalue weighted by atomic mass is 10.5. The largest absolute Gasteiger partial charge is 0.274 e. The van der Waals surface area contributed by atoms with Gasteiger partial charge in [0.2, 0.25) is 0 Å². The Morgan fingerprint density at radius 2 is 2.62 bits per heavy atom. The first-order chi connectivity index (χ1) is 3.93. The number of halogens is 1. The van der Waals surface area contributed by atoms with Gasteiger partial charge in [0.15, 0.2) is 0 Å². The molecule has 0 spiro atoms. The molecule has 0 saturated heterocycles. The van der Waals surface area contributed by atoms with Gasteiger partial charge in [-0.3, -0.25) is 4.29 Å². The Hall–Kier alpha value is -0.0500. The van der Waals surface area contributed by atoms with Gasteiger partial charge in [0.05, 0.1) is 11.9 Å². The minimum Gasteiger partial charge on any atom is -0.274 e. The van der Waals surface area contributed by atoms with Gasteiger partial charge < -0.3 is 0 Å². The van der Waals surface area contributed by atoms with Gasteiger partial charge in [-0.05, 0) is 11.4 Å². The van der Waals surface area contributed by atoms with Gasteiger partial charge >= 0.3 is 0 Å². The van der Waals surface area contributed by atoms with Gasteiger partial charge in [-0.15, -0.1) is 11.3 Å². The molecule has 0 saturated carbocycles. The molecule has 8 heavy (non-hydrogen) atoms. The minimum absolute atomic E-state index is 0.513. The van der Waals surface area contributed by atoms with Gasteiger partial charge in [0, 0.05) is 4.88 Å². The van der Waals surface area contributed by atoms with Crippen molar-refractivity contribution in [1.82, 2.24) is 0 Å². The summed E-state index contributed by atoms with van der Waals surface area (Å²) >= 11 is 6.64. The average Bonchev–Trinajstić information content (AvgIpc) is 2.19. The Kier molecular flexibility index (Phi) is 2.33. The fourth-order valence-corrected chi connectivity index (χ4v) is 1.25. The van der Waals surface area contributed by atoms with E-state index in [0.29, 0.717) is 6.61 Å². The maximum absolute atomic E-state index is 5.00. The smallest absolute Gasteiger partial charge is 0.102 e. The zero-order valence-corrected chi connectivity index (χ0v) is 5.71. The SMILES string of the molecule is ClOCc1cccs1. The first-order valence-corrected chi connectivity index (χ1v) is 3.38. The molecule has 0 N–H and O–H groups in total. The second-order valence-corrected chi connectivity index (χ2v) is 2.58. The van der Waals surface area contributed by atoms with Crippen molar-refractivity contribution in [1.29, 1.82) is 0 Å². The molecule has 1 aromatic rings. The molecule has 0 unspecified atom stereocenters. The number of hydrogen-bond acceptors (Lipinski definition) is 2. The highest BCUT2D eigenvalue weighted by Crippen LogP contribution is 2.09. The summed E-state index contributed by atoms with van der Waals surface area (Å²) in [5.41, 5.74) is 0. The predicted octanol–water partition coefficient (Wildman–Crippen LogP) is 2.42. The molecule has 0 fully saturated rings. The Morgan fingerprint density at radius 1 is 1.75 bits per heavy atom. The lowest BCUT2D eigenvalue weighted by molar-refractivity contribution is 0.345. The number of hydrogen-bond donors (Lipinski definition) is 0. The van der Waals surface area contributed by atoms with Crippen LogP contribution >= 0.6 is 23.2 Å². The Balaban J connectivity index is 2.50. The molecule has 0 aliphatic rings. The lowest BCUT2D eigenvalue weighted by Gasteiger charge is -1.85. The highest BCUT2D eigenvalue weighted by molar-refractivity contribution is 7.09. The van der Waals surface area contributed by atoms with E-state index >= 15 is 0 Å². The van der Waals surface area contributed by atoms with Crippen molar-refractivity contribution in [2.24, 2.45) is 0 Å². The molecule has 0 bridgehead atoms. The normalized spacial score (nSPS) is 9.62. The molecule has 0 aliphatic carbocycles. The molecule has 0 atom stereocenters. The van der Waals surface area contributed by atoms with Crippen molar-refractivity contribution >= 4 is 23.2 Å². The van der Waals surface area contributed by atoms with E-state index in [1.54, 1.807) is 11.3 Å². The fraction of sp³-hybridized carbons (Fsp3) is 0.200. The Labute approximate surface area is 57.0 Å². The zero-order chi connectivity index (χ0) is 5.82. The van der Waals surface area contributed by atoms with Crippen LogP contribution in [0.1, 0.15) is 4.88 Å². The van der Waals surface area contributed by atoms with E-state index in [-0.39, 0.29) is 0 Å². The van der Waals surface area contributed by atoms with E-state index in [4.69, 9.17) is 11.9 Å². The van der Waals surface area contributed by atoms with Crippen molar-refractivity contribution < 1.29 is 4.29 Å². The molecule has 1 heterocycles. The standard InChI is InChI=1S/C5H5ClOS/c6-7-4-5-2-1-3-8-5/h1-3H,4H2. The van der Waals surface area contributed by atoms with Crippen molar-refractivity contribution in [2.75, 3.05) is 0 Å².